The van der Waals surface area contributed by atoms with Crippen molar-refractivity contribution >= 4 is 56.0 Å². The van der Waals surface area contributed by atoms with Crippen LogP contribution in [0.2, 0.25) is 0 Å². The number of aromatic nitrogens is 1. The summed E-state index contributed by atoms with van der Waals surface area (Å²) in [5.74, 6) is -6.23. The average molecular weight is 857 g/mol. The molecule has 0 radical (unpaired) electrons. The molecule has 8 N–H and O–H groups in total. The Labute approximate surface area is 357 Å². The first-order chi connectivity index (χ1) is 29.3. The molecule has 1 amide bonds. The number of piperidine rings is 1. The van der Waals surface area contributed by atoms with Crippen molar-refractivity contribution in [3.05, 3.63) is 79.5 Å². The molecular weight excluding hydrogens is 801 g/mol. The number of methoxy groups -OCH3 is 1. The number of ether oxygens (including phenoxy) is 3. The van der Waals surface area contributed by atoms with Gasteiger partial charge in [0, 0.05) is 91.2 Å². The lowest BCUT2D eigenvalue weighted by atomic mass is 9.78. The van der Waals surface area contributed by atoms with E-state index in [1.807, 2.05) is 4.90 Å². The Balaban J connectivity index is 1.49. The summed E-state index contributed by atoms with van der Waals surface area (Å²) in [7, 11) is 1.44. The van der Waals surface area contributed by atoms with Crippen LogP contribution in [0.3, 0.4) is 0 Å². The number of phenols is 1. The van der Waals surface area contributed by atoms with Crippen LogP contribution in [0.4, 0.5) is 11.4 Å². The first-order valence-electron chi connectivity index (χ1n) is 20.9. The highest BCUT2D eigenvalue weighted by Crippen LogP contribution is 2.42. The Morgan fingerprint density at radius 3 is 2.26 bits per heavy atom. The maximum atomic E-state index is 14.8. The van der Waals surface area contributed by atoms with Crippen molar-refractivity contribution in [1.82, 2.24) is 4.98 Å². The lowest BCUT2D eigenvalue weighted by molar-refractivity contribution is -0.112. The van der Waals surface area contributed by atoms with E-state index in [4.69, 9.17) is 29.3 Å². The summed E-state index contributed by atoms with van der Waals surface area (Å²) >= 11 is 0. The van der Waals surface area contributed by atoms with Crippen molar-refractivity contribution in [2.75, 3.05) is 30.4 Å². The number of phenolic OH excluding ortho intramolecular Hbond substituents is 1. The summed E-state index contributed by atoms with van der Waals surface area (Å²) in [6, 6.07) is 3.12. The van der Waals surface area contributed by atoms with E-state index in [1.165, 1.54) is 52.4 Å². The third-order valence-electron chi connectivity index (χ3n) is 13.1. The molecule has 0 unspecified atom stereocenters. The summed E-state index contributed by atoms with van der Waals surface area (Å²) in [5, 5.41) is 60.0. The summed E-state index contributed by atoms with van der Waals surface area (Å²) in [6.45, 7) is 12.5. The summed E-state index contributed by atoms with van der Waals surface area (Å²) in [5.41, 5.74) is 4.72. The Morgan fingerprint density at radius 2 is 1.58 bits per heavy atom. The zero-order valence-corrected chi connectivity index (χ0v) is 36.1. The molecule has 7 rings (SSSR count). The van der Waals surface area contributed by atoms with Crippen LogP contribution in [0.15, 0.2) is 62.3 Å². The highest BCUT2D eigenvalue weighted by atomic mass is 16.7. The van der Waals surface area contributed by atoms with Crippen LogP contribution < -0.4 is 36.8 Å². The van der Waals surface area contributed by atoms with Crippen molar-refractivity contribution in [2.45, 2.75) is 97.6 Å². The van der Waals surface area contributed by atoms with Gasteiger partial charge in [0.25, 0.3) is 5.91 Å². The number of rotatable bonds is 2. The number of aromatic hydroxyl groups is 1. The van der Waals surface area contributed by atoms with Crippen LogP contribution in [0.5, 0.6) is 11.5 Å². The summed E-state index contributed by atoms with van der Waals surface area (Å²) in [4.78, 5) is 49.3. The van der Waals surface area contributed by atoms with Crippen LogP contribution in [0.25, 0.3) is 38.7 Å². The summed E-state index contributed by atoms with van der Waals surface area (Å²) < 4.78 is 24.4. The fourth-order valence-electron chi connectivity index (χ4n) is 8.83. The Bertz CT molecular complexity index is 2700. The van der Waals surface area contributed by atoms with Crippen LogP contribution >= 0.6 is 0 Å². The van der Waals surface area contributed by atoms with Crippen molar-refractivity contribution in [1.29, 1.82) is 0 Å². The zero-order chi connectivity index (χ0) is 45.1. The molecule has 3 aliphatic heterocycles. The molecule has 332 valence electrons. The number of carbonyl (C=O) groups excluding carboxylic acids is 1. The molecule has 4 bridgehead atoms. The molecule has 4 heterocycles. The van der Waals surface area contributed by atoms with Gasteiger partial charge in [0.15, 0.2) is 22.4 Å². The molecule has 62 heavy (non-hydrogen) atoms. The number of nitrogens with one attached hydrogen (secondary N) is 1. The second-order valence-corrected chi connectivity index (χ2v) is 17.3. The zero-order valence-electron chi connectivity index (χ0n) is 36.1. The van der Waals surface area contributed by atoms with E-state index in [2.05, 4.69) is 5.32 Å². The van der Waals surface area contributed by atoms with E-state index >= 15 is 0 Å². The van der Waals surface area contributed by atoms with E-state index in [1.54, 1.807) is 45.9 Å². The summed E-state index contributed by atoms with van der Waals surface area (Å²) in [6.07, 6.45) is 4.88. The molecule has 1 aromatic heterocycles. The fourth-order valence-corrected chi connectivity index (χ4v) is 8.83. The second kappa shape index (κ2) is 17.0. The number of benzene rings is 3. The molecule has 0 saturated carbocycles. The van der Waals surface area contributed by atoms with Gasteiger partial charge < -0.3 is 60.1 Å². The molecular formula is C46H56N4O12. The normalized spacial score (nSPS) is 31.2. The van der Waals surface area contributed by atoms with Gasteiger partial charge in [0.05, 0.1) is 41.3 Å². The van der Waals surface area contributed by atoms with Gasteiger partial charge in [-0.25, -0.2) is 4.98 Å². The number of carbonyl (C=O) groups is 1. The van der Waals surface area contributed by atoms with Crippen LogP contribution in [-0.2, 0) is 14.3 Å². The number of fused-ring (bicyclic) bond motifs is 2. The number of hydrogen-bond acceptors (Lipinski definition) is 15. The van der Waals surface area contributed by atoms with E-state index in [0.717, 1.165) is 0 Å². The van der Waals surface area contributed by atoms with E-state index in [9.17, 15) is 39.9 Å². The second-order valence-electron chi connectivity index (χ2n) is 17.3. The number of aliphatic hydroxyl groups is 4. The van der Waals surface area contributed by atoms with Gasteiger partial charge in [-0.2, -0.15) is 0 Å². The maximum Gasteiger partial charge on any atom is 0.307 e. The van der Waals surface area contributed by atoms with Crippen molar-refractivity contribution < 1.29 is 49.0 Å². The lowest BCUT2D eigenvalue weighted by Gasteiger charge is -2.36. The van der Waals surface area contributed by atoms with Crippen molar-refractivity contribution in [2.24, 2.45) is 29.4 Å². The highest BCUT2D eigenvalue weighted by molar-refractivity contribution is 6.16. The van der Waals surface area contributed by atoms with Gasteiger partial charge in [-0.15, -0.1) is 0 Å². The van der Waals surface area contributed by atoms with E-state index in [0.29, 0.717) is 31.6 Å². The molecule has 3 aromatic carbocycles. The van der Waals surface area contributed by atoms with Gasteiger partial charge in [-0.3, -0.25) is 14.4 Å². The monoisotopic (exact) mass is 856 g/mol. The number of amides is 1. The minimum absolute atomic E-state index is 0.0246. The van der Waals surface area contributed by atoms with Gasteiger partial charge in [-0.05, 0) is 32.8 Å². The number of hydrogen-bond donors (Lipinski definition) is 7. The fraction of sp³-hybridized carbons (Fsp3) is 0.478. The maximum absolute atomic E-state index is 14.8. The largest absolute Gasteiger partial charge is 0.507 e. The third-order valence-corrected chi connectivity index (χ3v) is 13.1. The van der Waals surface area contributed by atoms with Gasteiger partial charge in [0.1, 0.15) is 22.7 Å². The van der Waals surface area contributed by atoms with E-state index < -0.39 is 82.1 Å². The highest BCUT2D eigenvalue weighted by Gasteiger charge is 2.44. The topological polar surface area (TPSA) is 247 Å². The molecule has 0 spiro atoms. The molecule has 9 atom stereocenters. The standard InChI is InChI=1S/C46H56N4O12/c1-20-10-9-11-21(2)45(58)49-36-41(56)32-31(35-43(36)61-30-19-27(18-28(51)34(30)48-35)50-15-12-26(47)13-16-50)33-42(25(6)40(32)55)62-46(7,44(33)57)60-17-14-29(59-8)22(3)38(53)24(5)39(54)23(4)37(20)52/h9-11,14,17-20,22-24,26,29,37-39,52-55,57H,12-13,15-16,47H2,1-8H3,(H,49,58)/b10-9+,17-14+,21-11-/t20-,22+,23+,24-,29-,37-,38+,39+,46-/m0/s1. The first-order valence-corrected chi connectivity index (χ1v) is 20.9. The van der Waals surface area contributed by atoms with Crippen molar-refractivity contribution in [3.8, 4) is 11.5 Å². The smallest absolute Gasteiger partial charge is 0.307 e. The number of anilines is 2. The lowest BCUT2D eigenvalue weighted by Crippen LogP contribution is -2.44. The number of nitrogens with zero attached hydrogens (tertiary/aromatic N) is 2. The minimum atomic E-state index is -1.95. The van der Waals surface area contributed by atoms with Crippen LogP contribution in [0.1, 0.15) is 59.9 Å². The molecule has 4 aromatic rings. The first kappa shape index (κ1) is 44.5. The molecule has 16 heteroatoms. The SMILES string of the molecule is CO[C@H]1/C=C/O[C@@]2(C)Oc3c(C)c(O)c4c(=O)c(c5oc6cc(N7CCC(N)CC7)cc(=O)c6nc5c4c3=C2O)NC(=O)/C(C)=C\C=C\[C@H](C)[C@H](O)[C@@H](C)[C@@H](O)[C@@H](C)[C@H](O)[C@@H]1C. The van der Waals surface area contributed by atoms with Crippen LogP contribution in [-0.4, -0.2) is 92.9 Å². The number of allylic oxidation sites excluding steroid dienone is 2. The van der Waals surface area contributed by atoms with Crippen LogP contribution in [0, 0.1) is 30.6 Å². The minimum Gasteiger partial charge on any atom is -0.507 e. The third kappa shape index (κ3) is 7.68. The quantitative estimate of drug-likeness (QED) is 0.112. The molecule has 3 aliphatic rings. The van der Waals surface area contributed by atoms with Gasteiger partial charge >= 0.3 is 5.79 Å². The Morgan fingerprint density at radius 1 is 0.919 bits per heavy atom. The molecule has 0 aliphatic carbocycles. The predicted molar refractivity (Wildman–Crippen MR) is 235 cm³/mol. The van der Waals surface area contributed by atoms with Crippen molar-refractivity contribution in [3.63, 3.8) is 0 Å². The molecule has 1 saturated heterocycles. The molecule has 16 nitrogen and oxygen atoms in total. The number of aliphatic hydroxyl groups excluding tert-OH is 4. The van der Waals surface area contributed by atoms with E-state index in [-0.39, 0.29) is 66.8 Å². The van der Waals surface area contributed by atoms with Gasteiger partial charge in [0.2, 0.25) is 10.9 Å². The number of nitrogens with two attached hydrogens (primary N) is 1. The Kier molecular flexibility index (Phi) is 12.2. The molecule has 1 fully saturated rings. The predicted octanol–water partition coefficient (Wildman–Crippen LogP) is 3.92. The average Bonchev–Trinajstić information content (AvgIpc) is 3.52. The van der Waals surface area contributed by atoms with Gasteiger partial charge in [-0.1, -0.05) is 45.9 Å². The Hall–Kier alpha value is -5.52.